The predicted octanol–water partition coefficient (Wildman–Crippen LogP) is 0.461. The lowest BCUT2D eigenvalue weighted by atomic mass is 9.99. The Labute approximate surface area is 124 Å². The maximum Gasteiger partial charge on any atom is 0.327 e. The highest BCUT2D eigenvalue weighted by molar-refractivity contribution is 7.80. The van der Waals surface area contributed by atoms with Gasteiger partial charge < -0.3 is 15.4 Å². The molecule has 3 rings (SSSR count). The zero-order valence-corrected chi connectivity index (χ0v) is 11.8. The largest absolute Gasteiger partial charge is 0.497 e. The fourth-order valence-electron chi connectivity index (χ4n) is 2.27. The zero-order valence-electron chi connectivity index (χ0n) is 11.0. The number of nitrogens with one attached hydrogen (secondary N) is 4. The fourth-order valence-corrected chi connectivity index (χ4v) is 2.49. The number of aromatic amines is 2. The Morgan fingerprint density at radius 3 is 2.52 bits per heavy atom. The third-order valence-corrected chi connectivity index (χ3v) is 3.45. The number of ether oxygens (including phenoxy) is 1. The van der Waals surface area contributed by atoms with Crippen LogP contribution in [-0.2, 0) is 0 Å². The number of hydrogen-bond donors (Lipinski definition) is 4. The molecule has 4 N–H and O–H groups in total. The Hall–Kier alpha value is -2.61. The van der Waals surface area contributed by atoms with Crippen LogP contribution in [0.2, 0.25) is 0 Å². The van der Waals surface area contributed by atoms with Crippen LogP contribution in [0.1, 0.15) is 17.2 Å². The van der Waals surface area contributed by atoms with Gasteiger partial charge in [-0.25, -0.2) is 4.79 Å². The molecule has 0 saturated carbocycles. The molecule has 8 heteroatoms. The van der Waals surface area contributed by atoms with Gasteiger partial charge in [0.2, 0.25) is 0 Å². The number of rotatable bonds is 2. The van der Waals surface area contributed by atoms with Crippen LogP contribution in [0.15, 0.2) is 33.9 Å². The highest BCUT2D eigenvalue weighted by atomic mass is 32.1. The summed E-state index contributed by atoms with van der Waals surface area (Å²) in [5.74, 6) is 1.03. The molecular weight excluding hydrogens is 292 g/mol. The van der Waals surface area contributed by atoms with Crippen molar-refractivity contribution in [1.29, 1.82) is 0 Å². The summed E-state index contributed by atoms with van der Waals surface area (Å²) >= 11 is 5.11. The topological polar surface area (TPSA) is 99.0 Å². The van der Waals surface area contributed by atoms with E-state index in [1.807, 2.05) is 12.1 Å². The van der Waals surface area contributed by atoms with E-state index in [-0.39, 0.29) is 0 Å². The van der Waals surface area contributed by atoms with Crippen molar-refractivity contribution < 1.29 is 4.74 Å². The lowest BCUT2D eigenvalue weighted by molar-refractivity contribution is 0.414. The van der Waals surface area contributed by atoms with Gasteiger partial charge in [-0.1, -0.05) is 12.1 Å². The van der Waals surface area contributed by atoms with Gasteiger partial charge >= 0.3 is 5.69 Å². The SMILES string of the molecule is COc1ccc(C2NC(=S)Nc3[nH]c(=O)[nH]c(=O)c32)cc1. The van der Waals surface area contributed by atoms with E-state index in [1.54, 1.807) is 19.2 Å². The minimum absolute atomic E-state index is 0.313. The molecule has 7 nitrogen and oxygen atoms in total. The van der Waals surface area contributed by atoms with Gasteiger partial charge in [0.1, 0.15) is 11.6 Å². The molecule has 1 aliphatic heterocycles. The standard InChI is InChI=1S/C13H12N4O3S/c1-20-7-4-2-6(3-5-7)9-8-10(16-13(21)14-9)15-12(19)17-11(8)18/h2-5,9H,1H3,(H4,14,15,16,17,18,19,21). The molecule has 108 valence electrons. The normalized spacial score (nSPS) is 16.6. The second-order valence-corrected chi connectivity index (χ2v) is 4.91. The number of methoxy groups -OCH3 is 1. The molecule has 1 aromatic carbocycles. The Kier molecular flexibility index (Phi) is 3.22. The van der Waals surface area contributed by atoms with Crippen LogP contribution >= 0.6 is 12.2 Å². The van der Waals surface area contributed by atoms with Crippen LogP contribution in [0.25, 0.3) is 0 Å². The molecule has 1 aromatic heterocycles. The smallest absolute Gasteiger partial charge is 0.327 e. The maximum atomic E-state index is 12.1. The summed E-state index contributed by atoms with van der Waals surface area (Å²) in [6.45, 7) is 0. The first-order valence-corrected chi connectivity index (χ1v) is 6.57. The maximum absolute atomic E-state index is 12.1. The number of benzene rings is 1. The molecule has 0 aliphatic carbocycles. The van der Waals surface area contributed by atoms with Crippen LogP contribution in [-0.4, -0.2) is 22.2 Å². The second-order valence-electron chi connectivity index (χ2n) is 4.50. The van der Waals surface area contributed by atoms with Crippen LogP contribution in [0.5, 0.6) is 5.75 Å². The van der Waals surface area contributed by atoms with Crippen molar-refractivity contribution in [3.05, 3.63) is 56.2 Å². The van der Waals surface area contributed by atoms with Crippen LogP contribution in [0.3, 0.4) is 0 Å². The summed E-state index contributed by atoms with van der Waals surface area (Å²) in [6, 6.07) is 6.81. The van der Waals surface area contributed by atoms with Gasteiger partial charge in [0.25, 0.3) is 5.56 Å². The molecule has 2 heterocycles. The number of thiocarbonyl (C=S) groups is 1. The molecule has 1 unspecified atom stereocenters. The van der Waals surface area contributed by atoms with E-state index in [0.717, 1.165) is 5.56 Å². The van der Waals surface area contributed by atoms with E-state index in [0.29, 0.717) is 22.2 Å². The first kappa shape index (κ1) is 13.4. The van der Waals surface area contributed by atoms with Crippen molar-refractivity contribution in [1.82, 2.24) is 15.3 Å². The van der Waals surface area contributed by atoms with E-state index in [9.17, 15) is 9.59 Å². The molecular formula is C13H12N4O3S. The highest BCUT2D eigenvalue weighted by Gasteiger charge is 2.27. The number of fused-ring (bicyclic) bond motifs is 1. The summed E-state index contributed by atoms with van der Waals surface area (Å²) in [6.07, 6.45) is 0. The Morgan fingerprint density at radius 1 is 1.14 bits per heavy atom. The van der Waals surface area contributed by atoms with E-state index < -0.39 is 17.3 Å². The summed E-state index contributed by atoms with van der Waals surface area (Å²) < 4.78 is 5.11. The number of H-pyrrole nitrogens is 2. The third-order valence-electron chi connectivity index (χ3n) is 3.23. The predicted molar refractivity (Wildman–Crippen MR) is 81.9 cm³/mol. The monoisotopic (exact) mass is 304 g/mol. The minimum atomic E-state index is -0.579. The third kappa shape index (κ3) is 2.40. The molecule has 0 radical (unpaired) electrons. The second kappa shape index (κ2) is 5.06. The highest BCUT2D eigenvalue weighted by Crippen LogP contribution is 2.27. The van der Waals surface area contributed by atoms with Crippen LogP contribution in [0.4, 0.5) is 5.82 Å². The molecule has 0 fully saturated rings. The van der Waals surface area contributed by atoms with E-state index >= 15 is 0 Å². The van der Waals surface area contributed by atoms with Crippen molar-refractivity contribution in [2.75, 3.05) is 12.4 Å². The van der Waals surface area contributed by atoms with Crippen molar-refractivity contribution in [3.8, 4) is 5.75 Å². The Balaban J connectivity index is 2.14. The van der Waals surface area contributed by atoms with Gasteiger partial charge in [-0.15, -0.1) is 0 Å². The number of anilines is 1. The number of hydrogen-bond acceptors (Lipinski definition) is 4. The fraction of sp³-hybridized carbons (Fsp3) is 0.154. The van der Waals surface area contributed by atoms with Crippen molar-refractivity contribution in [2.24, 2.45) is 0 Å². The van der Waals surface area contributed by atoms with Crippen LogP contribution in [0, 0.1) is 0 Å². The van der Waals surface area contributed by atoms with Gasteiger partial charge in [0.05, 0.1) is 18.7 Å². The first-order valence-electron chi connectivity index (χ1n) is 6.16. The van der Waals surface area contributed by atoms with Crippen molar-refractivity contribution >= 4 is 23.1 Å². The van der Waals surface area contributed by atoms with E-state index in [2.05, 4.69) is 20.6 Å². The molecule has 0 saturated heterocycles. The minimum Gasteiger partial charge on any atom is -0.497 e. The van der Waals surface area contributed by atoms with Crippen molar-refractivity contribution in [2.45, 2.75) is 6.04 Å². The van der Waals surface area contributed by atoms with Gasteiger partial charge in [-0.05, 0) is 29.9 Å². The van der Waals surface area contributed by atoms with Gasteiger partial charge in [-0.3, -0.25) is 14.8 Å². The first-order chi connectivity index (χ1) is 10.1. The molecule has 0 spiro atoms. The lowest BCUT2D eigenvalue weighted by Gasteiger charge is -2.27. The Morgan fingerprint density at radius 2 is 1.86 bits per heavy atom. The molecule has 1 aliphatic rings. The van der Waals surface area contributed by atoms with Gasteiger partial charge in [0.15, 0.2) is 5.11 Å². The van der Waals surface area contributed by atoms with Gasteiger partial charge in [-0.2, -0.15) is 0 Å². The number of aromatic nitrogens is 2. The summed E-state index contributed by atoms with van der Waals surface area (Å²) in [5, 5.41) is 6.15. The van der Waals surface area contributed by atoms with E-state index in [1.165, 1.54) is 0 Å². The molecule has 0 amide bonds. The summed E-state index contributed by atoms with van der Waals surface area (Å²) in [4.78, 5) is 28.2. The lowest BCUT2D eigenvalue weighted by Crippen LogP contribution is -2.44. The summed E-state index contributed by atoms with van der Waals surface area (Å²) in [7, 11) is 1.58. The quantitative estimate of drug-likeness (QED) is 0.602. The average Bonchev–Trinajstić information content (AvgIpc) is 2.45. The summed E-state index contributed by atoms with van der Waals surface area (Å²) in [5.41, 5.74) is 0.174. The van der Waals surface area contributed by atoms with Crippen LogP contribution < -0.4 is 26.6 Å². The molecule has 0 bridgehead atoms. The van der Waals surface area contributed by atoms with E-state index in [4.69, 9.17) is 17.0 Å². The molecule has 2 aromatic rings. The average molecular weight is 304 g/mol. The molecule has 21 heavy (non-hydrogen) atoms. The zero-order chi connectivity index (χ0) is 15.0. The van der Waals surface area contributed by atoms with Gasteiger partial charge in [0, 0.05) is 0 Å². The Bertz CT molecular complexity index is 809. The molecule has 1 atom stereocenters. The van der Waals surface area contributed by atoms with Crippen molar-refractivity contribution in [3.63, 3.8) is 0 Å².